The van der Waals surface area contributed by atoms with E-state index in [2.05, 4.69) is 9.82 Å². The fourth-order valence-corrected chi connectivity index (χ4v) is 3.23. The lowest BCUT2D eigenvalue weighted by atomic mass is 9.89. The SMILES string of the molecule is CC(C)(C)S(=O)NC1(c2ccc(-n3ccc(N)n3)cc2)COC1. The van der Waals surface area contributed by atoms with E-state index < -0.39 is 11.0 Å². The van der Waals surface area contributed by atoms with Crippen LogP contribution in [0.1, 0.15) is 26.3 Å². The third-order valence-corrected chi connectivity index (χ3v) is 5.52. The van der Waals surface area contributed by atoms with E-state index in [1.54, 1.807) is 10.7 Å². The lowest BCUT2D eigenvalue weighted by Gasteiger charge is -2.43. The Morgan fingerprint density at radius 2 is 1.91 bits per heavy atom. The Kier molecular flexibility index (Phi) is 4.03. The van der Waals surface area contributed by atoms with Crippen LogP contribution in [0.3, 0.4) is 0 Å². The van der Waals surface area contributed by atoms with Crippen molar-refractivity contribution < 1.29 is 8.95 Å². The van der Waals surface area contributed by atoms with Gasteiger partial charge in [0.15, 0.2) is 0 Å². The highest BCUT2D eigenvalue weighted by atomic mass is 32.2. The van der Waals surface area contributed by atoms with Crippen molar-refractivity contribution in [1.82, 2.24) is 14.5 Å². The van der Waals surface area contributed by atoms with E-state index in [9.17, 15) is 4.21 Å². The number of benzene rings is 1. The molecule has 0 aliphatic carbocycles. The summed E-state index contributed by atoms with van der Waals surface area (Å²) in [5.41, 5.74) is 7.25. The predicted octanol–water partition coefficient (Wildman–Crippen LogP) is 1.73. The van der Waals surface area contributed by atoms with Gasteiger partial charge in [0.25, 0.3) is 0 Å². The highest BCUT2D eigenvalue weighted by Gasteiger charge is 2.43. The fraction of sp³-hybridized carbons (Fsp3) is 0.438. The minimum absolute atomic E-state index is 0.324. The van der Waals surface area contributed by atoms with Gasteiger partial charge in [0, 0.05) is 12.3 Å². The van der Waals surface area contributed by atoms with Crippen LogP contribution in [0, 0.1) is 0 Å². The zero-order chi connectivity index (χ0) is 16.7. The van der Waals surface area contributed by atoms with Gasteiger partial charge in [0.2, 0.25) is 0 Å². The Balaban J connectivity index is 1.83. The highest BCUT2D eigenvalue weighted by Crippen LogP contribution is 2.32. The lowest BCUT2D eigenvalue weighted by Crippen LogP contribution is -2.59. The molecule has 124 valence electrons. The third-order valence-electron chi connectivity index (χ3n) is 3.84. The van der Waals surface area contributed by atoms with Crippen LogP contribution in [0.4, 0.5) is 5.82 Å². The maximum atomic E-state index is 12.5. The number of rotatable bonds is 4. The van der Waals surface area contributed by atoms with Crippen LogP contribution >= 0.6 is 0 Å². The van der Waals surface area contributed by atoms with Crippen molar-refractivity contribution in [3.63, 3.8) is 0 Å². The monoisotopic (exact) mass is 334 g/mol. The van der Waals surface area contributed by atoms with Crippen LogP contribution in [-0.2, 0) is 21.3 Å². The van der Waals surface area contributed by atoms with E-state index in [1.165, 1.54) is 0 Å². The number of aromatic nitrogens is 2. The Hall–Kier alpha value is -1.70. The van der Waals surface area contributed by atoms with Gasteiger partial charge in [0.1, 0.15) is 11.4 Å². The number of anilines is 1. The van der Waals surface area contributed by atoms with E-state index in [0.29, 0.717) is 19.0 Å². The minimum Gasteiger partial charge on any atom is -0.382 e. The van der Waals surface area contributed by atoms with Crippen molar-refractivity contribution >= 4 is 16.8 Å². The van der Waals surface area contributed by atoms with Crippen LogP contribution in [-0.4, -0.2) is 32.0 Å². The molecule has 23 heavy (non-hydrogen) atoms. The van der Waals surface area contributed by atoms with E-state index in [-0.39, 0.29) is 10.3 Å². The quantitative estimate of drug-likeness (QED) is 0.892. The van der Waals surface area contributed by atoms with Crippen LogP contribution in [0.25, 0.3) is 5.69 Å². The average Bonchev–Trinajstić information content (AvgIpc) is 2.88. The summed E-state index contributed by atoms with van der Waals surface area (Å²) in [6.45, 7) is 6.89. The van der Waals surface area contributed by atoms with Gasteiger partial charge in [0.05, 0.1) is 34.6 Å². The number of nitrogens with zero attached hydrogens (tertiary/aromatic N) is 2. The molecule has 0 bridgehead atoms. The second-order valence-electron chi connectivity index (χ2n) is 6.79. The molecule has 1 fully saturated rings. The van der Waals surface area contributed by atoms with Gasteiger partial charge in [-0.25, -0.2) is 13.6 Å². The number of hydrogen-bond acceptors (Lipinski definition) is 4. The molecule has 1 atom stereocenters. The number of nitrogens with one attached hydrogen (secondary N) is 1. The highest BCUT2D eigenvalue weighted by molar-refractivity contribution is 7.84. The first-order valence-electron chi connectivity index (χ1n) is 7.50. The summed E-state index contributed by atoms with van der Waals surface area (Å²) < 4.78 is 22.5. The standard InChI is InChI=1S/C16H22N4O2S/c1-15(2,3)23(21)19-16(10-22-11-16)12-4-6-13(7-5-12)20-9-8-14(17)18-20/h4-9,19H,10-11H2,1-3H3,(H2,17,18). The van der Waals surface area contributed by atoms with Gasteiger partial charge in [-0.3, -0.25) is 0 Å². The summed E-state index contributed by atoms with van der Waals surface area (Å²) >= 11 is 0. The predicted molar refractivity (Wildman–Crippen MR) is 91.5 cm³/mol. The maximum absolute atomic E-state index is 12.5. The average molecular weight is 334 g/mol. The summed E-state index contributed by atoms with van der Waals surface area (Å²) in [6.07, 6.45) is 1.82. The van der Waals surface area contributed by atoms with Gasteiger partial charge in [-0.05, 0) is 38.5 Å². The molecule has 0 saturated carbocycles. The molecule has 3 N–H and O–H groups in total. The van der Waals surface area contributed by atoms with E-state index in [4.69, 9.17) is 10.5 Å². The molecule has 0 amide bonds. The van der Waals surface area contributed by atoms with E-state index in [1.807, 2.05) is 51.2 Å². The molecule has 3 rings (SSSR count). The molecule has 1 unspecified atom stereocenters. The van der Waals surface area contributed by atoms with Crippen molar-refractivity contribution in [3.8, 4) is 5.69 Å². The molecule has 1 aromatic carbocycles. The number of nitrogens with two attached hydrogens (primary N) is 1. The first kappa shape index (κ1) is 16.2. The van der Waals surface area contributed by atoms with Gasteiger partial charge >= 0.3 is 0 Å². The van der Waals surface area contributed by atoms with Crippen molar-refractivity contribution in [2.45, 2.75) is 31.1 Å². The number of hydrogen-bond donors (Lipinski definition) is 2. The van der Waals surface area contributed by atoms with Gasteiger partial charge in [-0.2, -0.15) is 5.10 Å². The number of nitrogen functional groups attached to an aromatic ring is 1. The second-order valence-corrected chi connectivity index (χ2v) is 8.76. The largest absolute Gasteiger partial charge is 0.382 e. The number of ether oxygens (including phenoxy) is 1. The van der Waals surface area contributed by atoms with Gasteiger partial charge in [-0.1, -0.05) is 12.1 Å². The molecule has 1 saturated heterocycles. The molecular weight excluding hydrogens is 312 g/mol. The zero-order valence-corrected chi connectivity index (χ0v) is 14.4. The Labute approximate surface area is 138 Å². The Morgan fingerprint density at radius 1 is 1.26 bits per heavy atom. The molecule has 2 aromatic rings. The van der Waals surface area contributed by atoms with Crippen LogP contribution in [0.15, 0.2) is 36.5 Å². The summed E-state index contributed by atoms with van der Waals surface area (Å²) in [4.78, 5) is 0. The smallest absolute Gasteiger partial charge is 0.145 e. The Bertz CT molecular complexity index is 714. The van der Waals surface area contributed by atoms with E-state index >= 15 is 0 Å². The molecule has 7 heteroatoms. The molecule has 2 heterocycles. The molecule has 1 aliphatic heterocycles. The Morgan fingerprint density at radius 3 is 2.35 bits per heavy atom. The third kappa shape index (κ3) is 3.17. The van der Waals surface area contributed by atoms with Crippen LogP contribution < -0.4 is 10.5 Å². The van der Waals surface area contributed by atoms with E-state index in [0.717, 1.165) is 11.3 Å². The second kappa shape index (κ2) is 5.74. The van der Waals surface area contributed by atoms with Crippen molar-refractivity contribution in [3.05, 3.63) is 42.1 Å². The molecule has 0 radical (unpaired) electrons. The molecule has 1 aliphatic rings. The lowest BCUT2D eigenvalue weighted by molar-refractivity contribution is -0.0659. The molecular formula is C16H22N4O2S. The van der Waals surface area contributed by atoms with Crippen molar-refractivity contribution in [2.75, 3.05) is 18.9 Å². The van der Waals surface area contributed by atoms with Crippen molar-refractivity contribution in [1.29, 1.82) is 0 Å². The zero-order valence-electron chi connectivity index (χ0n) is 13.6. The molecule has 0 spiro atoms. The first-order valence-corrected chi connectivity index (χ1v) is 8.65. The topological polar surface area (TPSA) is 82.2 Å². The van der Waals surface area contributed by atoms with Crippen LogP contribution in [0.2, 0.25) is 0 Å². The summed E-state index contributed by atoms with van der Waals surface area (Å²) in [5, 5.41) is 4.19. The summed E-state index contributed by atoms with van der Waals surface area (Å²) in [6, 6.07) is 9.74. The fourth-order valence-electron chi connectivity index (χ4n) is 2.34. The van der Waals surface area contributed by atoms with Crippen LogP contribution in [0.5, 0.6) is 0 Å². The minimum atomic E-state index is -1.16. The molecule has 6 nitrogen and oxygen atoms in total. The van der Waals surface area contributed by atoms with Crippen molar-refractivity contribution in [2.24, 2.45) is 0 Å². The molecule has 1 aromatic heterocycles. The van der Waals surface area contributed by atoms with Gasteiger partial charge < -0.3 is 10.5 Å². The maximum Gasteiger partial charge on any atom is 0.145 e. The normalized spacial score (nSPS) is 18.4. The summed E-state index contributed by atoms with van der Waals surface area (Å²) in [5.74, 6) is 0.486. The summed E-state index contributed by atoms with van der Waals surface area (Å²) in [7, 11) is -1.16. The first-order chi connectivity index (χ1) is 10.8. The van der Waals surface area contributed by atoms with Gasteiger partial charge in [-0.15, -0.1) is 0 Å².